The molecule has 2 N–H and O–H groups in total. The summed E-state index contributed by atoms with van der Waals surface area (Å²) in [6.07, 6.45) is -4.59. The van der Waals surface area contributed by atoms with Crippen LogP contribution in [-0.4, -0.2) is 32.3 Å². The van der Waals surface area contributed by atoms with Crippen LogP contribution in [0.4, 0.5) is 23.2 Å². The minimum Gasteiger partial charge on any atom is -0.345 e. The molecule has 0 fully saturated rings. The third kappa shape index (κ3) is 7.02. The Balaban J connectivity index is 1.58. The summed E-state index contributed by atoms with van der Waals surface area (Å²) in [5, 5.41) is 13.7. The number of halogens is 4. The van der Waals surface area contributed by atoms with Crippen LogP contribution >= 0.6 is 11.8 Å². The number of hydrogen-bond donors (Lipinski definition) is 2. The van der Waals surface area contributed by atoms with Crippen molar-refractivity contribution in [2.75, 3.05) is 11.1 Å². The van der Waals surface area contributed by atoms with Crippen LogP contribution in [-0.2, 0) is 17.5 Å². The molecular formula is C27H23F4N5O2S. The molecule has 0 aliphatic rings. The first kappa shape index (κ1) is 27.8. The largest absolute Gasteiger partial charge is 0.416 e. The molecule has 0 saturated carbocycles. The number of hydrogen-bond acceptors (Lipinski definition) is 5. The van der Waals surface area contributed by atoms with E-state index in [0.717, 1.165) is 41.1 Å². The maximum atomic E-state index is 13.5. The molecule has 0 spiro atoms. The first-order chi connectivity index (χ1) is 18.5. The molecule has 0 unspecified atom stereocenters. The quantitative estimate of drug-likeness (QED) is 0.214. The number of nitrogens with zero attached hydrogens (tertiary/aromatic N) is 3. The van der Waals surface area contributed by atoms with E-state index in [1.165, 1.54) is 34.9 Å². The van der Waals surface area contributed by atoms with Crippen LogP contribution in [0.3, 0.4) is 0 Å². The summed E-state index contributed by atoms with van der Waals surface area (Å²) in [5.41, 5.74) is 1.79. The lowest BCUT2D eigenvalue weighted by Gasteiger charge is -2.14. The Morgan fingerprint density at radius 1 is 0.974 bits per heavy atom. The number of rotatable bonds is 8. The van der Waals surface area contributed by atoms with Crippen molar-refractivity contribution in [1.82, 2.24) is 20.1 Å². The van der Waals surface area contributed by atoms with Crippen molar-refractivity contribution < 1.29 is 27.2 Å². The van der Waals surface area contributed by atoms with E-state index in [1.54, 1.807) is 0 Å². The highest BCUT2D eigenvalue weighted by molar-refractivity contribution is 7.99. The molecule has 0 aliphatic carbocycles. The van der Waals surface area contributed by atoms with Crippen LogP contribution in [0.5, 0.6) is 0 Å². The minimum absolute atomic E-state index is 0.0674. The molecule has 2 amide bonds. The number of nitrogens with one attached hydrogen (secondary N) is 2. The third-order valence-corrected chi connectivity index (χ3v) is 6.55. The van der Waals surface area contributed by atoms with Crippen molar-refractivity contribution in [2.24, 2.45) is 0 Å². The highest BCUT2D eigenvalue weighted by Crippen LogP contribution is 2.32. The number of benzene rings is 3. The van der Waals surface area contributed by atoms with Crippen LogP contribution in [0, 0.1) is 19.7 Å². The van der Waals surface area contributed by atoms with Gasteiger partial charge in [-0.2, -0.15) is 13.2 Å². The molecule has 12 heteroatoms. The molecule has 4 rings (SSSR count). The molecule has 4 aromatic rings. The van der Waals surface area contributed by atoms with Crippen molar-refractivity contribution in [1.29, 1.82) is 0 Å². The monoisotopic (exact) mass is 557 g/mol. The second kappa shape index (κ2) is 11.7. The summed E-state index contributed by atoms with van der Waals surface area (Å²) in [6.45, 7) is 3.54. The van der Waals surface area contributed by atoms with Crippen LogP contribution in [0.2, 0.25) is 0 Å². The molecule has 0 saturated heterocycles. The second-order valence-electron chi connectivity index (χ2n) is 8.63. The van der Waals surface area contributed by atoms with Gasteiger partial charge in [0.05, 0.1) is 23.5 Å². The SMILES string of the molecule is Cc1ccc(C)c(NC(=O)CSc2nnc(CNC(=O)c3cccc(F)c3)n2-c2cccc(C(F)(F)F)c2)c1. The van der Waals surface area contributed by atoms with Crippen LogP contribution in [0.25, 0.3) is 5.69 Å². The van der Waals surface area contributed by atoms with Gasteiger partial charge in [0.25, 0.3) is 5.91 Å². The zero-order chi connectivity index (χ0) is 28.2. The average molecular weight is 558 g/mol. The zero-order valence-electron chi connectivity index (χ0n) is 20.8. The first-order valence-corrected chi connectivity index (χ1v) is 12.7. The van der Waals surface area contributed by atoms with Crippen molar-refractivity contribution in [3.8, 4) is 5.69 Å². The van der Waals surface area contributed by atoms with Gasteiger partial charge in [-0.05, 0) is 67.4 Å². The van der Waals surface area contributed by atoms with Gasteiger partial charge in [-0.25, -0.2) is 4.39 Å². The fourth-order valence-corrected chi connectivity index (χ4v) is 4.44. The molecule has 0 bridgehead atoms. The summed E-state index contributed by atoms with van der Waals surface area (Å²) >= 11 is 0.980. The first-order valence-electron chi connectivity index (χ1n) is 11.7. The van der Waals surface area contributed by atoms with E-state index in [4.69, 9.17) is 0 Å². The van der Waals surface area contributed by atoms with E-state index in [0.29, 0.717) is 5.69 Å². The Labute approximate surface area is 225 Å². The normalized spacial score (nSPS) is 11.3. The number of alkyl halides is 3. The Kier molecular flexibility index (Phi) is 8.34. The second-order valence-corrected chi connectivity index (χ2v) is 9.57. The molecule has 7 nitrogen and oxygen atoms in total. The summed E-state index contributed by atoms with van der Waals surface area (Å²) in [6, 6.07) is 15.3. The maximum absolute atomic E-state index is 13.5. The summed E-state index contributed by atoms with van der Waals surface area (Å²) in [4.78, 5) is 25.2. The molecule has 39 heavy (non-hydrogen) atoms. The zero-order valence-corrected chi connectivity index (χ0v) is 21.7. The van der Waals surface area contributed by atoms with Gasteiger partial charge in [0, 0.05) is 11.3 Å². The van der Waals surface area contributed by atoms with Gasteiger partial charge >= 0.3 is 6.18 Å². The third-order valence-electron chi connectivity index (χ3n) is 5.63. The Hall–Kier alpha value is -4.19. The topological polar surface area (TPSA) is 88.9 Å². The molecule has 0 atom stereocenters. The number of carbonyl (C=O) groups is 2. The predicted molar refractivity (Wildman–Crippen MR) is 139 cm³/mol. The lowest BCUT2D eigenvalue weighted by atomic mass is 10.1. The van der Waals surface area contributed by atoms with E-state index in [-0.39, 0.29) is 40.4 Å². The van der Waals surface area contributed by atoms with Gasteiger partial charge in [0.1, 0.15) is 5.82 Å². The summed E-state index contributed by atoms with van der Waals surface area (Å²) in [7, 11) is 0. The van der Waals surface area contributed by atoms with Gasteiger partial charge < -0.3 is 10.6 Å². The molecule has 0 radical (unpaired) electrons. The van der Waals surface area contributed by atoms with Crippen molar-refractivity contribution in [3.63, 3.8) is 0 Å². The van der Waals surface area contributed by atoms with Crippen LogP contribution < -0.4 is 10.6 Å². The van der Waals surface area contributed by atoms with E-state index < -0.39 is 23.5 Å². The smallest absolute Gasteiger partial charge is 0.345 e. The average Bonchev–Trinajstić information content (AvgIpc) is 3.30. The van der Waals surface area contributed by atoms with E-state index >= 15 is 0 Å². The van der Waals surface area contributed by atoms with E-state index in [9.17, 15) is 27.2 Å². The van der Waals surface area contributed by atoms with Crippen LogP contribution in [0.15, 0.2) is 71.9 Å². The lowest BCUT2D eigenvalue weighted by molar-refractivity contribution is -0.137. The van der Waals surface area contributed by atoms with Gasteiger partial charge in [-0.15, -0.1) is 10.2 Å². The fourth-order valence-electron chi connectivity index (χ4n) is 3.67. The van der Waals surface area contributed by atoms with Gasteiger partial charge in [0.2, 0.25) is 5.91 Å². The number of aryl methyl sites for hydroxylation is 2. The van der Waals surface area contributed by atoms with Crippen molar-refractivity contribution in [3.05, 3.63) is 101 Å². The lowest BCUT2D eigenvalue weighted by Crippen LogP contribution is -2.25. The Morgan fingerprint density at radius 2 is 1.74 bits per heavy atom. The number of carbonyl (C=O) groups excluding carboxylic acids is 2. The highest BCUT2D eigenvalue weighted by Gasteiger charge is 2.31. The minimum atomic E-state index is -4.59. The van der Waals surface area contributed by atoms with Gasteiger partial charge in [-0.3, -0.25) is 14.2 Å². The number of thioether (sulfide) groups is 1. The molecule has 202 valence electrons. The summed E-state index contributed by atoms with van der Waals surface area (Å²) < 4.78 is 55.1. The van der Waals surface area contributed by atoms with Gasteiger partial charge in [0.15, 0.2) is 11.0 Å². The van der Waals surface area contributed by atoms with Crippen LogP contribution in [0.1, 0.15) is 32.9 Å². The fraction of sp³-hybridized carbons (Fsp3) is 0.185. The predicted octanol–water partition coefficient (Wildman–Crippen LogP) is 5.70. The van der Waals surface area contributed by atoms with E-state index in [1.807, 2.05) is 32.0 Å². The molecule has 3 aromatic carbocycles. The van der Waals surface area contributed by atoms with Crippen molar-refractivity contribution in [2.45, 2.75) is 31.7 Å². The standard InChI is InChI=1S/C27H23F4N5O2S/c1-16-9-10-17(2)22(11-16)33-24(37)15-39-26-35-34-23(14-32-25(38)18-5-3-7-20(28)12-18)36(26)21-8-4-6-19(13-21)27(29,30)31/h3-13H,14-15H2,1-2H3,(H,32,38)(H,33,37). The molecule has 0 aliphatic heterocycles. The highest BCUT2D eigenvalue weighted by atomic mass is 32.2. The number of aromatic nitrogens is 3. The van der Waals surface area contributed by atoms with Gasteiger partial charge in [-0.1, -0.05) is 36.0 Å². The number of amides is 2. The maximum Gasteiger partial charge on any atom is 0.416 e. The molecule has 1 heterocycles. The summed E-state index contributed by atoms with van der Waals surface area (Å²) in [5.74, 6) is -1.51. The molecular weight excluding hydrogens is 534 g/mol. The molecule has 1 aromatic heterocycles. The van der Waals surface area contributed by atoms with E-state index in [2.05, 4.69) is 20.8 Å². The Bertz CT molecular complexity index is 1520. The number of anilines is 1. The van der Waals surface area contributed by atoms with Crippen molar-refractivity contribution >= 4 is 29.3 Å². The Morgan fingerprint density at radius 3 is 2.49 bits per heavy atom.